The zero-order chi connectivity index (χ0) is 17.2. The predicted molar refractivity (Wildman–Crippen MR) is 99.0 cm³/mol. The molecule has 0 saturated carbocycles. The third-order valence-electron chi connectivity index (χ3n) is 4.17. The van der Waals surface area contributed by atoms with E-state index < -0.39 is 0 Å². The van der Waals surface area contributed by atoms with Gasteiger partial charge in [0.25, 0.3) is 0 Å². The van der Waals surface area contributed by atoms with E-state index in [1.807, 2.05) is 60.8 Å². The molecule has 0 aliphatic heterocycles. The average Bonchev–Trinajstić information content (AvgIpc) is 2.54. The van der Waals surface area contributed by atoms with Crippen molar-refractivity contribution in [2.24, 2.45) is 5.41 Å². The largest absolute Gasteiger partial charge is 0.326 e. The Morgan fingerprint density at radius 1 is 1.00 bits per heavy atom. The summed E-state index contributed by atoms with van der Waals surface area (Å²) < 4.78 is 0. The zero-order valence-electron chi connectivity index (χ0n) is 14.3. The van der Waals surface area contributed by atoms with Gasteiger partial charge in [0.05, 0.1) is 5.92 Å². The molecule has 1 N–H and O–H groups in total. The second-order valence-electron chi connectivity index (χ2n) is 7.14. The zero-order valence-corrected chi connectivity index (χ0v) is 14.3. The molecule has 0 spiro atoms. The van der Waals surface area contributed by atoms with Crippen molar-refractivity contribution in [2.75, 3.05) is 5.32 Å². The van der Waals surface area contributed by atoms with Crippen LogP contribution in [0.3, 0.4) is 0 Å². The van der Waals surface area contributed by atoms with Gasteiger partial charge in [-0.05, 0) is 34.6 Å². The van der Waals surface area contributed by atoms with E-state index in [0.29, 0.717) is 0 Å². The van der Waals surface area contributed by atoms with Crippen molar-refractivity contribution in [3.05, 3.63) is 72.6 Å². The predicted octanol–water partition coefficient (Wildman–Crippen LogP) is 5.00. The third kappa shape index (κ3) is 3.46. The van der Waals surface area contributed by atoms with E-state index >= 15 is 0 Å². The summed E-state index contributed by atoms with van der Waals surface area (Å²) >= 11 is 0. The maximum Gasteiger partial charge on any atom is 0.232 e. The van der Waals surface area contributed by atoms with Gasteiger partial charge in [0.2, 0.25) is 5.91 Å². The highest BCUT2D eigenvalue weighted by atomic mass is 16.1. The standard InChI is InChI=1S/C21H22N2O/c1-21(2,3)19(15-7-5-4-6-8-15)20(24)23-18-10-9-17-14-22-12-11-16(17)13-18/h4-14,19H,1-3H3,(H,23,24). The molecule has 1 amide bonds. The molecule has 3 heteroatoms. The summed E-state index contributed by atoms with van der Waals surface area (Å²) in [5.74, 6) is -0.200. The summed E-state index contributed by atoms with van der Waals surface area (Å²) in [6, 6.07) is 17.8. The minimum absolute atomic E-state index is 0.0158. The summed E-state index contributed by atoms with van der Waals surface area (Å²) in [7, 11) is 0. The minimum atomic E-state index is -0.216. The maximum absolute atomic E-state index is 13.0. The van der Waals surface area contributed by atoms with Crippen molar-refractivity contribution in [3.8, 4) is 0 Å². The smallest absolute Gasteiger partial charge is 0.232 e. The van der Waals surface area contributed by atoms with Crippen LogP contribution in [0.25, 0.3) is 10.8 Å². The molecule has 0 saturated heterocycles. The molecule has 3 nitrogen and oxygen atoms in total. The molecular formula is C21H22N2O. The topological polar surface area (TPSA) is 42.0 Å². The second-order valence-corrected chi connectivity index (χ2v) is 7.14. The molecule has 24 heavy (non-hydrogen) atoms. The van der Waals surface area contributed by atoms with Crippen LogP contribution in [0.5, 0.6) is 0 Å². The van der Waals surface area contributed by atoms with E-state index in [9.17, 15) is 4.79 Å². The molecule has 1 aromatic heterocycles. The summed E-state index contributed by atoms with van der Waals surface area (Å²) in [5.41, 5.74) is 1.67. The monoisotopic (exact) mass is 318 g/mol. The normalized spacial score (nSPS) is 12.8. The Balaban J connectivity index is 1.90. The van der Waals surface area contributed by atoms with Gasteiger partial charge in [-0.15, -0.1) is 0 Å². The molecule has 1 unspecified atom stereocenters. The van der Waals surface area contributed by atoms with E-state index in [4.69, 9.17) is 0 Å². The molecule has 0 bridgehead atoms. The SMILES string of the molecule is CC(C)(C)C(C(=O)Nc1ccc2cnccc2c1)c1ccccc1. The first-order valence-corrected chi connectivity index (χ1v) is 8.15. The van der Waals surface area contributed by atoms with Crippen molar-refractivity contribution >= 4 is 22.4 Å². The van der Waals surface area contributed by atoms with Crippen LogP contribution in [0, 0.1) is 5.41 Å². The Hall–Kier alpha value is -2.68. The highest BCUT2D eigenvalue weighted by Gasteiger charge is 2.32. The van der Waals surface area contributed by atoms with Crippen molar-refractivity contribution in [2.45, 2.75) is 26.7 Å². The summed E-state index contributed by atoms with van der Waals surface area (Å²) in [6.45, 7) is 6.28. The van der Waals surface area contributed by atoms with E-state index in [2.05, 4.69) is 31.1 Å². The van der Waals surface area contributed by atoms with Gasteiger partial charge in [0.1, 0.15) is 0 Å². The first kappa shape index (κ1) is 16.2. The Kier molecular flexibility index (Phi) is 4.34. The van der Waals surface area contributed by atoms with Crippen LogP contribution in [0.4, 0.5) is 5.69 Å². The number of benzene rings is 2. The van der Waals surface area contributed by atoms with Crippen molar-refractivity contribution in [3.63, 3.8) is 0 Å². The van der Waals surface area contributed by atoms with Crippen molar-refractivity contribution < 1.29 is 4.79 Å². The molecule has 1 atom stereocenters. The number of nitrogens with one attached hydrogen (secondary N) is 1. The quantitative estimate of drug-likeness (QED) is 0.738. The number of hydrogen-bond acceptors (Lipinski definition) is 2. The Morgan fingerprint density at radius 2 is 1.75 bits per heavy atom. The molecule has 0 radical (unpaired) electrons. The first-order valence-electron chi connectivity index (χ1n) is 8.15. The number of carbonyl (C=O) groups is 1. The number of nitrogens with zero attached hydrogens (tertiary/aromatic N) is 1. The fourth-order valence-corrected chi connectivity index (χ4v) is 3.07. The van der Waals surface area contributed by atoms with Crippen molar-refractivity contribution in [1.29, 1.82) is 0 Å². The molecular weight excluding hydrogens is 296 g/mol. The highest BCUT2D eigenvalue weighted by molar-refractivity contribution is 5.98. The van der Waals surface area contributed by atoms with Gasteiger partial charge >= 0.3 is 0 Å². The maximum atomic E-state index is 13.0. The number of amides is 1. The van der Waals surface area contributed by atoms with Crippen LogP contribution in [-0.2, 0) is 4.79 Å². The summed E-state index contributed by atoms with van der Waals surface area (Å²) in [4.78, 5) is 17.1. The summed E-state index contributed by atoms with van der Waals surface area (Å²) in [6.07, 6.45) is 3.58. The molecule has 3 rings (SSSR count). The van der Waals surface area contributed by atoms with Crippen LogP contribution < -0.4 is 5.32 Å². The molecule has 2 aromatic carbocycles. The molecule has 0 aliphatic rings. The lowest BCUT2D eigenvalue weighted by Gasteiger charge is -2.30. The van der Waals surface area contributed by atoms with Gasteiger partial charge in [0, 0.05) is 23.5 Å². The number of hydrogen-bond donors (Lipinski definition) is 1. The van der Waals surface area contributed by atoms with Gasteiger partial charge < -0.3 is 5.32 Å². The molecule has 1 heterocycles. The van der Waals surface area contributed by atoms with Crippen LogP contribution in [0.15, 0.2) is 67.0 Å². The van der Waals surface area contributed by atoms with E-state index in [1.54, 1.807) is 6.20 Å². The lowest BCUT2D eigenvalue weighted by Crippen LogP contribution is -2.31. The van der Waals surface area contributed by atoms with Crippen LogP contribution in [0.2, 0.25) is 0 Å². The van der Waals surface area contributed by atoms with E-state index in [-0.39, 0.29) is 17.2 Å². The Labute approximate surface area is 142 Å². The Bertz CT molecular complexity index is 850. The molecule has 0 aliphatic carbocycles. The fourth-order valence-electron chi connectivity index (χ4n) is 3.07. The number of fused-ring (bicyclic) bond motifs is 1. The van der Waals surface area contributed by atoms with Crippen LogP contribution in [0.1, 0.15) is 32.3 Å². The highest BCUT2D eigenvalue weighted by Crippen LogP contribution is 2.36. The third-order valence-corrected chi connectivity index (χ3v) is 4.17. The van der Waals surface area contributed by atoms with E-state index in [0.717, 1.165) is 22.0 Å². The number of carbonyl (C=O) groups excluding carboxylic acids is 1. The molecule has 3 aromatic rings. The van der Waals surface area contributed by atoms with Gasteiger partial charge in [-0.1, -0.05) is 57.2 Å². The first-order chi connectivity index (χ1) is 11.4. The lowest BCUT2D eigenvalue weighted by atomic mass is 9.76. The van der Waals surface area contributed by atoms with Gasteiger partial charge in [0.15, 0.2) is 0 Å². The number of anilines is 1. The van der Waals surface area contributed by atoms with Gasteiger partial charge in [-0.3, -0.25) is 9.78 Å². The molecule has 122 valence electrons. The minimum Gasteiger partial charge on any atom is -0.326 e. The average molecular weight is 318 g/mol. The number of rotatable bonds is 3. The number of pyridine rings is 1. The number of aromatic nitrogens is 1. The van der Waals surface area contributed by atoms with Crippen LogP contribution >= 0.6 is 0 Å². The Morgan fingerprint density at radius 3 is 2.46 bits per heavy atom. The van der Waals surface area contributed by atoms with Gasteiger partial charge in [-0.2, -0.15) is 0 Å². The van der Waals surface area contributed by atoms with Gasteiger partial charge in [-0.25, -0.2) is 0 Å². The summed E-state index contributed by atoms with van der Waals surface area (Å²) in [5, 5.41) is 5.21. The molecule has 0 fully saturated rings. The van der Waals surface area contributed by atoms with Crippen molar-refractivity contribution in [1.82, 2.24) is 4.98 Å². The second kappa shape index (κ2) is 6.44. The fraction of sp³-hybridized carbons (Fsp3) is 0.238. The lowest BCUT2D eigenvalue weighted by molar-refractivity contribution is -0.119. The van der Waals surface area contributed by atoms with E-state index in [1.165, 1.54) is 0 Å². The van der Waals surface area contributed by atoms with Crippen LogP contribution in [-0.4, -0.2) is 10.9 Å².